The minimum atomic E-state index is -3.75. The first kappa shape index (κ1) is 15.2. The van der Waals surface area contributed by atoms with E-state index < -0.39 is 10.0 Å². The largest absolute Gasteiger partial charge is 0.398 e. The summed E-state index contributed by atoms with van der Waals surface area (Å²) in [7, 11) is -2.27. The van der Waals surface area contributed by atoms with Crippen LogP contribution >= 0.6 is 22.9 Å². The summed E-state index contributed by atoms with van der Waals surface area (Å²) in [6, 6.07) is 4.63. The van der Waals surface area contributed by atoms with Gasteiger partial charge in [-0.1, -0.05) is 17.7 Å². The number of nitrogen functional groups attached to an aromatic ring is 1. The summed E-state index contributed by atoms with van der Waals surface area (Å²) in [5.74, 6) is 0. The van der Waals surface area contributed by atoms with Crippen molar-refractivity contribution < 1.29 is 8.42 Å². The molecule has 0 unspecified atom stereocenters. The highest BCUT2D eigenvalue weighted by atomic mass is 35.5. The Kier molecular flexibility index (Phi) is 4.33. The maximum atomic E-state index is 12.5. The van der Waals surface area contributed by atoms with E-state index in [2.05, 4.69) is 4.98 Å². The monoisotopic (exact) mass is 331 g/mol. The van der Waals surface area contributed by atoms with Gasteiger partial charge in [0.1, 0.15) is 4.90 Å². The van der Waals surface area contributed by atoms with Gasteiger partial charge >= 0.3 is 0 Å². The zero-order valence-corrected chi connectivity index (χ0v) is 13.4. The van der Waals surface area contributed by atoms with Crippen molar-refractivity contribution in [1.82, 2.24) is 9.29 Å². The Hall–Kier alpha value is -1.15. The fourth-order valence-corrected chi connectivity index (χ4v) is 4.12. The highest BCUT2D eigenvalue weighted by Crippen LogP contribution is 2.30. The number of nitrogens with two attached hydrogens (primary N) is 1. The molecule has 0 saturated heterocycles. The third-order valence-corrected chi connectivity index (χ3v) is 5.89. The van der Waals surface area contributed by atoms with Crippen molar-refractivity contribution in [3.05, 3.63) is 39.3 Å². The van der Waals surface area contributed by atoms with E-state index >= 15 is 0 Å². The number of thiazole rings is 1. The SMILES string of the molecule is Cc1nc(CN(C)S(=O)(=O)c2c(N)cccc2Cl)cs1. The molecule has 0 spiro atoms. The molecule has 1 aromatic heterocycles. The first-order valence-electron chi connectivity index (χ1n) is 5.73. The number of halogens is 1. The van der Waals surface area contributed by atoms with Crippen LogP contribution in [0.5, 0.6) is 0 Å². The normalized spacial score (nSPS) is 12.0. The van der Waals surface area contributed by atoms with Gasteiger partial charge in [0.2, 0.25) is 10.0 Å². The highest BCUT2D eigenvalue weighted by Gasteiger charge is 2.26. The number of aryl methyl sites for hydroxylation is 1. The van der Waals surface area contributed by atoms with E-state index in [0.717, 1.165) is 5.01 Å². The van der Waals surface area contributed by atoms with Gasteiger partial charge < -0.3 is 5.73 Å². The van der Waals surface area contributed by atoms with Crippen LogP contribution < -0.4 is 5.73 Å². The topological polar surface area (TPSA) is 76.3 Å². The number of anilines is 1. The first-order valence-corrected chi connectivity index (χ1v) is 8.43. The summed E-state index contributed by atoms with van der Waals surface area (Å²) < 4.78 is 26.2. The maximum Gasteiger partial charge on any atom is 0.246 e. The van der Waals surface area contributed by atoms with Crippen molar-refractivity contribution in [2.24, 2.45) is 0 Å². The number of rotatable bonds is 4. The van der Waals surface area contributed by atoms with Crippen LogP contribution in [0.2, 0.25) is 5.02 Å². The van der Waals surface area contributed by atoms with Crippen molar-refractivity contribution in [2.75, 3.05) is 12.8 Å². The average molecular weight is 332 g/mol. The molecule has 0 amide bonds. The van der Waals surface area contributed by atoms with Gasteiger partial charge in [0.15, 0.2) is 0 Å². The second-order valence-corrected chi connectivity index (χ2v) is 7.73. The fraction of sp³-hybridized carbons (Fsp3) is 0.250. The average Bonchev–Trinajstić information content (AvgIpc) is 2.74. The van der Waals surface area contributed by atoms with Gasteiger partial charge in [-0.3, -0.25) is 0 Å². The summed E-state index contributed by atoms with van der Waals surface area (Å²) in [6.45, 7) is 2.05. The van der Waals surface area contributed by atoms with Crippen LogP contribution in [-0.4, -0.2) is 24.8 Å². The molecule has 0 aliphatic rings. The van der Waals surface area contributed by atoms with E-state index in [1.807, 2.05) is 12.3 Å². The lowest BCUT2D eigenvalue weighted by molar-refractivity contribution is 0.463. The molecule has 0 aliphatic heterocycles. The summed E-state index contributed by atoms with van der Waals surface area (Å²) in [5.41, 5.74) is 6.58. The van der Waals surface area contributed by atoms with Crippen molar-refractivity contribution >= 4 is 38.6 Å². The smallest absolute Gasteiger partial charge is 0.246 e. The van der Waals surface area contributed by atoms with E-state index in [-0.39, 0.29) is 22.2 Å². The van der Waals surface area contributed by atoms with Crippen molar-refractivity contribution in [3.63, 3.8) is 0 Å². The molecule has 0 fully saturated rings. The van der Waals surface area contributed by atoms with Crippen LogP contribution in [0.1, 0.15) is 10.7 Å². The molecule has 0 atom stereocenters. The molecule has 2 N–H and O–H groups in total. The molecule has 0 bridgehead atoms. The minimum Gasteiger partial charge on any atom is -0.398 e. The molecule has 0 radical (unpaired) electrons. The summed E-state index contributed by atoms with van der Waals surface area (Å²) in [5, 5.41) is 2.84. The zero-order chi connectivity index (χ0) is 14.9. The maximum absolute atomic E-state index is 12.5. The van der Waals surface area contributed by atoms with Gasteiger partial charge in [-0.25, -0.2) is 13.4 Å². The third kappa shape index (κ3) is 2.95. The molecule has 0 saturated carbocycles. The number of benzene rings is 1. The minimum absolute atomic E-state index is 0.0591. The molecule has 0 aliphatic carbocycles. The van der Waals surface area contributed by atoms with Gasteiger partial charge in [-0.2, -0.15) is 4.31 Å². The molecule has 1 heterocycles. The number of nitrogens with zero attached hydrogens (tertiary/aromatic N) is 2. The Morgan fingerprint density at radius 2 is 2.15 bits per heavy atom. The van der Waals surface area contributed by atoms with Gasteiger partial charge in [0, 0.05) is 12.4 Å². The van der Waals surface area contributed by atoms with Crippen LogP contribution in [0, 0.1) is 6.92 Å². The van der Waals surface area contributed by atoms with E-state index in [9.17, 15) is 8.42 Å². The van der Waals surface area contributed by atoms with Crippen molar-refractivity contribution in [3.8, 4) is 0 Å². The Morgan fingerprint density at radius 3 is 2.70 bits per heavy atom. The lowest BCUT2D eigenvalue weighted by Gasteiger charge is -2.18. The van der Waals surface area contributed by atoms with Gasteiger partial charge in [-0.15, -0.1) is 11.3 Å². The molecule has 1 aromatic carbocycles. The summed E-state index contributed by atoms with van der Waals surface area (Å²) in [6.07, 6.45) is 0. The van der Waals surface area contributed by atoms with Crippen molar-refractivity contribution in [1.29, 1.82) is 0 Å². The van der Waals surface area contributed by atoms with Crippen LogP contribution in [0.3, 0.4) is 0 Å². The predicted molar refractivity (Wildman–Crippen MR) is 81.4 cm³/mol. The Labute approximate surface area is 127 Å². The standard InChI is InChI=1S/C12H14ClN3O2S2/c1-8-15-9(7-19-8)6-16(2)20(17,18)12-10(13)4-3-5-11(12)14/h3-5,7H,6,14H2,1-2H3. The van der Waals surface area contributed by atoms with E-state index in [1.54, 1.807) is 6.07 Å². The van der Waals surface area contributed by atoms with E-state index in [0.29, 0.717) is 5.69 Å². The quantitative estimate of drug-likeness (QED) is 0.873. The third-order valence-electron chi connectivity index (χ3n) is 2.72. The second-order valence-electron chi connectivity index (χ2n) is 4.28. The Morgan fingerprint density at radius 1 is 1.45 bits per heavy atom. The van der Waals surface area contributed by atoms with Crippen molar-refractivity contribution in [2.45, 2.75) is 18.4 Å². The highest BCUT2D eigenvalue weighted by molar-refractivity contribution is 7.89. The van der Waals surface area contributed by atoms with Crippen LogP contribution in [0.15, 0.2) is 28.5 Å². The van der Waals surface area contributed by atoms with E-state index in [1.165, 1.54) is 34.8 Å². The first-order chi connectivity index (χ1) is 9.32. The summed E-state index contributed by atoms with van der Waals surface area (Å²) >= 11 is 7.44. The zero-order valence-electron chi connectivity index (χ0n) is 11.0. The van der Waals surface area contributed by atoms with Gasteiger partial charge in [0.25, 0.3) is 0 Å². The molecule has 5 nitrogen and oxygen atoms in total. The lowest BCUT2D eigenvalue weighted by Crippen LogP contribution is -2.27. The lowest BCUT2D eigenvalue weighted by atomic mass is 10.3. The molecule has 8 heteroatoms. The number of sulfonamides is 1. The van der Waals surface area contributed by atoms with Crippen LogP contribution in [0.25, 0.3) is 0 Å². The molecular formula is C12H14ClN3O2S2. The van der Waals surface area contributed by atoms with Gasteiger partial charge in [0.05, 0.1) is 28.0 Å². The molecule has 2 aromatic rings. The van der Waals surface area contributed by atoms with E-state index in [4.69, 9.17) is 17.3 Å². The fourth-order valence-electron chi connectivity index (χ4n) is 1.75. The van der Waals surface area contributed by atoms with Crippen LogP contribution in [0.4, 0.5) is 5.69 Å². The predicted octanol–water partition coefficient (Wildman–Crippen LogP) is 2.51. The molecular weight excluding hydrogens is 318 g/mol. The second kappa shape index (κ2) is 5.69. The van der Waals surface area contributed by atoms with Gasteiger partial charge in [-0.05, 0) is 19.1 Å². The molecule has 108 valence electrons. The molecule has 2 rings (SSSR count). The summed E-state index contributed by atoms with van der Waals surface area (Å²) in [4.78, 5) is 4.19. The Bertz CT molecular complexity index is 708. The number of aromatic nitrogens is 1. The number of hydrogen-bond donors (Lipinski definition) is 1. The van der Waals surface area contributed by atoms with Crippen LogP contribution in [-0.2, 0) is 16.6 Å². The Balaban J connectivity index is 2.35. The number of hydrogen-bond acceptors (Lipinski definition) is 5. The molecule has 20 heavy (non-hydrogen) atoms.